The van der Waals surface area contributed by atoms with Crippen LogP contribution in [0.25, 0.3) is 0 Å². The molecule has 0 bridgehead atoms. The average Bonchev–Trinajstić information content (AvgIpc) is 2.95. The molecule has 0 radical (unpaired) electrons. The van der Waals surface area contributed by atoms with Crippen LogP contribution >= 0.6 is 0 Å². The highest BCUT2D eigenvalue weighted by atomic mass is 16.6. The average molecular weight is 281 g/mol. The zero-order valence-electron chi connectivity index (χ0n) is 12.0. The highest BCUT2D eigenvalue weighted by molar-refractivity contribution is 5.43. The SMILES string of the molecule is c1ccc2c(c1)CC(NCc1ccc3c(c1)OCCO3)C2. The van der Waals surface area contributed by atoms with E-state index in [9.17, 15) is 0 Å². The molecule has 0 aromatic heterocycles. The second-order valence-electron chi connectivity index (χ2n) is 5.73. The molecule has 2 aromatic rings. The first-order chi connectivity index (χ1) is 10.4. The number of benzene rings is 2. The molecule has 0 saturated carbocycles. The van der Waals surface area contributed by atoms with Gasteiger partial charge in [0.05, 0.1) is 0 Å². The molecule has 0 atom stereocenters. The lowest BCUT2D eigenvalue weighted by atomic mass is 10.1. The predicted octanol–water partition coefficient (Wildman–Crippen LogP) is 2.71. The van der Waals surface area contributed by atoms with E-state index < -0.39 is 0 Å². The molecule has 0 fully saturated rings. The summed E-state index contributed by atoms with van der Waals surface area (Å²) < 4.78 is 11.2. The molecule has 21 heavy (non-hydrogen) atoms. The first-order valence-corrected chi connectivity index (χ1v) is 7.57. The monoisotopic (exact) mass is 281 g/mol. The maximum atomic E-state index is 5.63. The van der Waals surface area contributed by atoms with E-state index >= 15 is 0 Å². The zero-order valence-corrected chi connectivity index (χ0v) is 12.0. The van der Waals surface area contributed by atoms with Crippen LogP contribution in [0, 0.1) is 0 Å². The van der Waals surface area contributed by atoms with Crippen molar-refractivity contribution in [3.8, 4) is 11.5 Å². The van der Waals surface area contributed by atoms with Crippen LogP contribution in [-0.2, 0) is 19.4 Å². The summed E-state index contributed by atoms with van der Waals surface area (Å²) in [5.74, 6) is 1.73. The molecular formula is C18H19NO2. The van der Waals surface area contributed by atoms with Crippen LogP contribution in [-0.4, -0.2) is 19.3 Å². The molecule has 2 aromatic carbocycles. The smallest absolute Gasteiger partial charge is 0.161 e. The molecule has 1 N–H and O–H groups in total. The molecule has 1 heterocycles. The van der Waals surface area contributed by atoms with E-state index in [1.165, 1.54) is 16.7 Å². The van der Waals surface area contributed by atoms with Gasteiger partial charge < -0.3 is 14.8 Å². The summed E-state index contributed by atoms with van der Waals surface area (Å²) in [5.41, 5.74) is 4.21. The van der Waals surface area contributed by atoms with E-state index in [0.29, 0.717) is 19.3 Å². The van der Waals surface area contributed by atoms with E-state index in [-0.39, 0.29) is 0 Å². The van der Waals surface area contributed by atoms with Gasteiger partial charge in [0.25, 0.3) is 0 Å². The van der Waals surface area contributed by atoms with Gasteiger partial charge in [-0.1, -0.05) is 30.3 Å². The van der Waals surface area contributed by atoms with Crippen LogP contribution in [0.15, 0.2) is 42.5 Å². The van der Waals surface area contributed by atoms with Crippen LogP contribution in [0.4, 0.5) is 0 Å². The number of hydrogen-bond donors (Lipinski definition) is 1. The Hall–Kier alpha value is -2.00. The summed E-state index contributed by atoms with van der Waals surface area (Å²) in [6, 6.07) is 15.5. The van der Waals surface area contributed by atoms with Gasteiger partial charge in [0, 0.05) is 12.6 Å². The fourth-order valence-corrected chi connectivity index (χ4v) is 3.16. The number of hydrogen-bond acceptors (Lipinski definition) is 3. The summed E-state index contributed by atoms with van der Waals surface area (Å²) in [5, 5.41) is 3.66. The third-order valence-corrected chi connectivity index (χ3v) is 4.25. The Morgan fingerprint density at radius 1 is 0.905 bits per heavy atom. The molecule has 1 aliphatic heterocycles. The topological polar surface area (TPSA) is 30.5 Å². The Morgan fingerprint density at radius 3 is 2.38 bits per heavy atom. The van der Waals surface area contributed by atoms with Gasteiger partial charge in [0.2, 0.25) is 0 Å². The van der Waals surface area contributed by atoms with Crippen molar-refractivity contribution in [2.24, 2.45) is 0 Å². The number of rotatable bonds is 3. The van der Waals surface area contributed by atoms with Crippen molar-refractivity contribution in [2.75, 3.05) is 13.2 Å². The second-order valence-corrected chi connectivity index (χ2v) is 5.73. The molecule has 1 aliphatic carbocycles. The van der Waals surface area contributed by atoms with Gasteiger partial charge in [0.1, 0.15) is 13.2 Å². The van der Waals surface area contributed by atoms with Crippen LogP contribution in [0.5, 0.6) is 11.5 Å². The van der Waals surface area contributed by atoms with Crippen LogP contribution < -0.4 is 14.8 Å². The minimum Gasteiger partial charge on any atom is -0.486 e. The lowest BCUT2D eigenvalue weighted by Crippen LogP contribution is -2.29. The first kappa shape index (κ1) is 12.7. The largest absolute Gasteiger partial charge is 0.486 e. The summed E-state index contributed by atoms with van der Waals surface area (Å²) in [7, 11) is 0. The highest BCUT2D eigenvalue weighted by Crippen LogP contribution is 2.31. The van der Waals surface area contributed by atoms with Crippen molar-refractivity contribution >= 4 is 0 Å². The van der Waals surface area contributed by atoms with E-state index in [4.69, 9.17) is 9.47 Å². The quantitative estimate of drug-likeness (QED) is 0.938. The first-order valence-electron chi connectivity index (χ1n) is 7.57. The minimum absolute atomic E-state index is 0.538. The Balaban J connectivity index is 1.40. The number of nitrogens with one attached hydrogen (secondary N) is 1. The molecule has 3 nitrogen and oxygen atoms in total. The summed E-state index contributed by atoms with van der Waals surface area (Å²) in [4.78, 5) is 0. The fraction of sp³-hybridized carbons (Fsp3) is 0.333. The number of ether oxygens (including phenoxy) is 2. The maximum Gasteiger partial charge on any atom is 0.161 e. The molecule has 0 amide bonds. The Bertz CT molecular complexity index is 628. The van der Waals surface area contributed by atoms with Crippen molar-refractivity contribution in [1.29, 1.82) is 0 Å². The molecular weight excluding hydrogens is 262 g/mol. The van der Waals surface area contributed by atoms with Crippen molar-refractivity contribution in [3.05, 3.63) is 59.2 Å². The lowest BCUT2D eigenvalue weighted by molar-refractivity contribution is 0.171. The lowest BCUT2D eigenvalue weighted by Gasteiger charge is -2.19. The van der Waals surface area contributed by atoms with Crippen LogP contribution in [0.2, 0.25) is 0 Å². The second kappa shape index (κ2) is 5.41. The van der Waals surface area contributed by atoms with Gasteiger partial charge in [-0.05, 0) is 41.7 Å². The predicted molar refractivity (Wildman–Crippen MR) is 81.9 cm³/mol. The molecule has 0 unspecified atom stereocenters. The van der Waals surface area contributed by atoms with Crippen molar-refractivity contribution < 1.29 is 9.47 Å². The summed E-state index contributed by atoms with van der Waals surface area (Å²) in [6.07, 6.45) is 2.25. The third-order valence-electron chi connectivity index (χ3n) is 4.25. The van der Waals surface area contributed by atoms with E-state index in [1.807, 2.05) is 6.07 Å². The van der Waals surface area contributed by atoms with E-state index in [2.05, 4.69) is 41.7 Å². The number of fused-ring (bicyclic) bond motifs is 2. The minimum atomic E-state index is 0.538. The molecule has 2 aliphatic rings. The molecule has 0 saturated heterocycles. The van der Waals surface area contributed by atoms with Crippen LogP contribution in [0.1, 0.15) is 16.7 Å². The third kappa shape index (κ3) is 2.61. The highest BCUT2D eigenvalue weighted by Gasteiger charge is 2.20. The van der Waals surface area contributed by atoms with Gasteiger partial charge in [-0.25, -0.2) is 0 Å². The van der Waals surface area contributed by atoms with Crippen molar-refractivity contribution in [2.45, 2.75) is 25.4 Å². The maximum absolute atomic E-state index is 5.63. The van der Waals surface area contributed by atoms with Crippen LogP contribution in [0.3, 0.4) is 0 Å². The Kier molecular flexibility index (Phi) is 3.28. The molecule has 108 valence electrons. The molecule has 0 spiro atoms. The normalized spacial score (nSPS) is 16.8. The molecule has 3 heteroatoms. The van der Waals surface area contributed by atoms with Gasteiger partial charge in [-0.15, -0.1) is 0 Å². The van der Waals surface area contributed by atoms with Gasteiger partial charge >= 0.3 is 0 Å². The van der Waals surface area contributed by atoms with Crippen molar-refractivity contribution in [1.82, 2.24) is 5.32 Å². The summed E-state index contributed by atoms with van der Waals surface area (Å²) in [6.45, 7) is 2.15. The standard InChI is InChI=1S/C18H19NO2/c1-2-4-15-11-16(10-14(15)3-1)19-12-13-5-6-17-18(9-13)21-8-7-20-17/h1-6,9,16,19H,7-8,10-12H2. The fourth-order valence-electron chi connectivity index (χ4n) is 3.16. The Morgan fingerprint density at radius 2 is 1.62 bits per heavy atom. The molecule has 4 rings (SSSR count). The van der Waals surface area contributed by atoms with E-state index in [0.717, 1.165) is 30.9 Å². The van der Waals surface area contributed by atoms with Crippen molar-refractivity contribution in [3.63, 3.8) is 0 Å². The summed E-state index contributed by atoms with van der Waals surface area (Å²) >= 11 is 0. The van der Waals surface area contributed by atoms with Gasteiger partial charge in [0.15, 0.2) is 11.5 Å². The van der Waals surface area contributed by atoms with Gasteiger partial charge in [-0.2, -0.15) is 0 Å². The Labute approximate surface area is 124 Å². The van der Waals surface area contributed by atoms with E-state index in [1.54, 1.807) is 0 Å². The zero-order chi connectivity index (χ0) is 14.1. The van der Waals surface area contributed by atoms with Gasteiger partial charge in [-0.3, -0.25) is 0 Å².